The molecule has 32 heavy (non-hydrogen) atoms. The van der Waals surface area contributed by atoms with Crippen LogP contribution in [0.4, 0.5) is 0 Å². The minimum Gasteiger partial charge on any atom is -0.351 e. The van der Waals surface area contributed by atoms with Gasteiger partial charge in [-0.2, -0.15) is 5.10 Å². The van der Waals surface area contributed by atoms with Crippen LogP contribution in [-0.2, 0) is 4.79 Å². The highest BCUT2D eigenvalue weighted by Gasteiger charge is 2.25. The van der Waals surface area contributed by atoms with Crippen LogP contribution in [-0.4, -0.2) is 38.8 Å². The van der Waals surface area contributed by atoms with E-state index in [-0.39, 0.29) is 24.4 Å². The second kappa shape index (κ2) is 8.67. The Balaban J connectivity index is 1.72. The quantitative estimate of drug-likeness (QED) is 0.615. The van der Waals surface area contributed by atoms with E-state index in [9.17, 15) is 9.59 Å². The molecule has 4 rings (SSSR count). The lowest BCUT2D eigenvalue weighted by Crippen LogP contribution is -2.34. The summed E-state index contributed by atoms with van der Waals surface area (Å²) in [6.07, 6.45) is 3.52. The molecule has 0 radical (unpaired) electrons. The monoisotopic (exact) mass is 449 g/mol. The molecular formula is C24H24ClN5O2. The summed E-state index contributed by atoms with van der Waals surface area (Å²) in [5, 5.41) is 8.58. The molecule has 3 aromatic rings. The summed E-state index contributed by atoms with van der Waals surface area (Å²) < 4.78 is 1.79. The predicted molar refractivity (Wildman–Crippen MR) is 126 cm³/mol. The first-order valence-corrected chi connectivity index (χ1v) is 10.8. The van der Waals surface area contributed by atoms with Gasteiger partial charge in [-0.25, -0.2) is 14.7 Å². The summed E-state index contributed by atoms with van der Waals surface area (Å²) in [5.74, 6) is -1.00. The van der Waals surface area contributed by atoms with E-state index < -0.39 is 5.92 Å². The van der Waals surface area contributed by atoms with Crippen LogP contribution in [0.1, 0.15) is 44.1 Å². The Bertz CT molecular complexity index is 1290. The summed E-state index contributed by atoms with van der Waals surface area (Å²) in [5.41, 5.74) is 4.05. The normalized spacial score (nSPS) is 16.3. The van der Waals surface area contributed by atoms with Crippen LogP contribution in [0, 0.1) is 5.92 Å². The standard InChI is InChI=1S/C24H24ClN5O2/c1-13(2)30-22-20(12-27-30)18(10-21(29-22)16-6-5-7-17(25)9-16)23(31)26-11-19-14(3)8-15(4)28-24(19)32/h5-10,12-13,19H,11H2,1-4H3,(H,26,31). The zero-order valence-electron chi connectivity index (χ0n) is 18.4. The van der Waals surface area contributed by atoms with E-state index in [0.29, 0.717) is 33.0 Å². The van der Waals surface area contributed by atoms with Gasteiger partial charge < -0.3 is 5.32 Å². The van der Waals surface area contributed by atoms with Crippen molar-refractivity contribution in [2.24, 2.45) is 10.9 Å². The van der Waals surface area contributed by atoms with Gasteiger partial charge in [0.05, 0.1) is 28.8 Å². The second-order valence-corrected chi connectivity index (χ2v) is 8.66. The number of benzene rings is 1. The van der Waals surface area contributed by atoms with Crippen molar-refractivity contribution in [1.29, 1.82) is 0 Å². The summed E-state index contributed by atoms with van der Waals surface area (Å²) in [7, 11) is 0. The maximum absolute atomic E-state index is 13.2. The third-order valence-electron chi connectivity index (χ3n) is 5.46. The van der Waals surface area contributed by atoms with Crippen LogP contribution < -0.4 is 5.32 Å². The Morgan fingerprint density at radius 1 is 1.25 bits per heavy atom. The number of hydrogen-bond donors (Lipinski definition) is 1. The number of carbonyl (C=O) groups is 2. The molecule has 3 heterocycles. The lowest BCUT2D eigenvalue weighted by molar-refractivity contribution is -0.120. The van der Waals surface area contributed by atoms with Crippen LogP contribution in [0.3, 0.4) is 0 Å². The van der Waals surface area contributed by atoms with E-state index in [1.807, 2.05) is 45.0 Å². The predicted octanol–water partition coefficient (Wildman–Crippen LogP) is 4.63. The molecule has 0 bridgehead atoms. The Labute approximate surface area is 191 Å². The number of aromatic nitrogens is 3. The van der Waals surface area contributed by atoms with Crippen molar-refractivity contribution in [2.45, 2.75) is 33.7 Å². The molecule has 1 atom stereocenters. The van der Waals surface area contributed by atoms with Crippen molar-refractivity contribution in [3.05, 3.63) is 58.8 Å². The van der Waals surface area contributed by atoms with Gasteiger partial charge in [-0.3, -0.25) is 9.59 Å². The van der Waals surface area contributed by atoms with Gasteiger partial charge in [-0.05, 0) is 52.0 Å². The lowest BCUT2D eigenvalue weighted by atomic mass is 9.95. The molecular weight excluding hydrogens is 426 g/mol. The van der Waals surface area contributed by atoms with Gasteiger partial charge in [-0.15, -0.1) is 0 Å². The van der Waals surface area contributed by atoms with Gasteiger partial charge in [0, 0.05) is 28.9 Å². The molecule has 1 unspecified atom stereocenters. The van der Waals surface area contributed by atoms with E-state index in [0.717, 1.165) is 11.1 Å². The number of fused-ring (bicyclic) bond motifs is 1. The molecule has 164 valence electrons. The molecule has 0 aliphatic carbocycles. The molecule has 1 aliphatic heterocycles. The molecule has 1 N–H and O–H groups in total. The van der Waals surface area contributed by atoms with Crippen LogP contribution >= 0.6 is 11.6 Å². The second-order valence-electron chi connectivity index (χ2n) is 8.23. The summed E-state index contributed by atoms with van der Waals surface area (Å²) >= 11 is 6.18. The Morgan fingerprint density at radius 3 is 2.72 bits per heavy atom. The smallest absolute Gasteiger partial charge is 0.254 e. The zero-order chi connectivity index (χ0) is 23.0. The highest BCUT2D eigenvalue weighted by Crippen LogP contribution is 2.28. The third-order valence-corrected chi connectivity index (χ3v) is 5.69. The van der Waals surface area contributed by atoms with Gasteiger partial charge >= 0.3 is 0 Å². The summed E-state index contributed by atoms with van der Waals surface area (Å²) in [6.45, 7) is 7.85. The Morgan fingerprint density at radius 2 is 2.03 bits per heavy atom. The van der Waals surface area contributed by atoms with E-state index in [1.54, 1.807) is 29.9 Å². The first-order chi connectivity index (χ1) is 15.2. The van der Waals surface area contributed by atoms with Crippen molar-refractivity contribution in [2.75, 3.05) is 6.54 Å². The van der Waals surface area contributed by atoms with Crippen LogP contribution in [0.25, 0.3) is 22.3 Å². The van der Waals surface area contributed by atoms with Gasteiger partial charge in [0.25, 0.3) is 11.8 Å². The number of dihydropyridines is 1. The number of hydrogen-bond acceptors (Lipinski definition) is 4. The number of nitrogens with one attached hydrogen (secondary N) is 1. The van der Waals surface area contributed by atoms with Crippen molar-refractivity contribution in [1.82, 2.24) is 20.1 Å². The average molecular weight is 450 g/mol. The van der Waals surface area contributed by atoms with Gasteiger partial charge in [-0.1, -0.05) is 29.3 Å². The van der Waals surface area contributed by atoms with E-state index in [2.05, 4.69) is 15.4 Å². The largest absolute Gasteiger partial charge is 0.351 e. The molecule has 2 amide bonds. The SMILES string of the molecule is CC1=CC(C)=NC(=O)C1CNC(=O)c1cc(-c2cccc(Cl)c2)nc2c1cnn2C(C)C. The minimum absolute atomic E-state index is 0.0688. The average Bonchev–Trinajstić information content (AvgIpc) is 3.16. The van der Waals surface area contributed by atoms with E-state index in [1.165, 1.54) is 0 Å². The topological polar surface area (TPSA) is 89.2 Å². The molecule has 1 aliphatic rings. The first-order valence-electron chi connectivity index (χ1n) is 10.4. The van der Waals surface area contributed by atoms with E-state index in [4.69, 9.17) is 16.6 Å². The van der Waals surface area contributed by atoms with Crippen LogP contribution in [0.2, 0.25) is 5.02 Å². The van der Waals surface area contributed by atoms with Crippen molar-refractivity contribution < 1.29 is 9.59 Å². The van der Waals surface area contributed by atoms with Gasteiger partial charge in [0.1, 0.15) is 0 Å². The number of halogens is 1. The number of aliphatic imine (C=N–C) groups is 1. The Kier molecular flexibility index (Phi) is 5.93. The van der Waals surface area contributed by atoms with Crippen molar-refractivity contribution >= 4 is 40.2 Å². The Hall–Kier alpha value is -3.32. The molecule has 7 nitrogen and oxygen atoms in total. The maximum atomic E-state index is 13.2. The molecule has 0 fully saturated rings. The van der Waals surface area contributed by atoms with Gasteiger partial charge in [0.2, 0.25) is 0 Å². The molecule has 0 spiro atoms. The van der Waals surface area contributed by atoms with Crippen molar-refractivity contribution in [3.63, 3.8) is 0 Å². The zero-order valence-corrected chi connectivity index (χ0v) is 19.1. The molecule has 1 aromatic carbocycles. The number of carbonyl (C=O) groups excluding carboxylic acids is 2. The molecule has 0 saturated heterocycles. The van der Waals surface area contributed by atoms with Crippen molar-refractivity contribution in [3.8, 4) is 11.3 Å². The first kappa shape index (κ1) is 21.9. The number of amides is 2. The number of nitrogens with zero attached hydrogens (tertiary/aromatic N) is 4. The fraction of sp³-hybridized carbons (Fsp3) is 0.292. The summed E-state index contributed by atoms with van der Waals surface area (Å²) in [4.78, 5) is 34.3. The fourth-order valence-electron chi connectivity index (χ4n) is 3.83. The molecule has 0 saturated carbocycles. The number of pyridine rings is 1. The molecule has 2 aromatic heterocycles. The van der Waals surface area contributed by atoms with Crippen LogP contribution in [0.5, 0.6) is 0 Å². The highest BCUT2D eigenvalue weighted by atomic mass is 35.5. The van der Waals surface area contributed by atoms with Gasteiger partial charge in [0.15, 0.2) is 5.65 Å². The molecule has 8 heteroatoms. The third kappa shape index (κ3) is 4.21. The fourth-order valence-corrected chi connectivity index (χ4v) is 4.02. The number of rotatable bonds is 5. The lowest BCUT2D eigenvalue weighted by Gasteiger charge is -2.19. The minimum atomic E-state index is -0.467. The highest BCUT2D eigenvalue weighted by molar-refractivity contribution is 6.30. The maximum Gasteiger partial charge on any atom is 0.254 e. The summed E-state index contributed by atoms with van der Waals surface area (Å²) in [6, 6.07) is 9.14. The van der Waals surface area contributed by atoms with Crippen LogP contribution in [0.15, 0.2) is 53.2 Å². The van der Waals surface area contributed by atoms with E-state index >= 15 is 0 Å². The number of allylic oxidation sites excluding steroid dienone is 1.